The first-order valence-electron chi connectivity index (χ1n) is 7.36. The third-order valence-corrected chi connectivity index (χ3v) is 5.33. The van der Waals surface area contributed by atoms with E-state index >= 15 is 0 Å². The molecule has 1 aliphatic rings. The molecular formula is C16H17F2N3OS. The van der Waals surface area contributed by atoms with Crippen LogP contribution in [-0.4, -0.2) is 21.9 Å². The first-order valence-corrected chi connectivity index (χ1v) is 8.41. The number of anilines is 1. The van der Waals surface area contributed by atoms with Crippen LogP contribution in [0.5, 0.6) is 0 Å². The molecule has 0 saturated heterocycles. The van der Waals surface area contributed by atoms with Gasteiger partial charge in [-0.2, -0.15) is 5.10 Å². The van der Waals surface area contributed by atoms with Crippen molar-refractivity contribution in [2.24, 2.45) is 0 Å². The topological polar surface area (TPSA) is 57.8 Å². The summed E-state index contributed by atoms with van der Waals surface area (Å²) in [4.78, 5) is 12.1. The van der Waals surface area contributed by atoms with Crippen LogP contribution >= 0.6 is 11.8 Å². The molecule has 4 nitrogen and oxygen atoms in total. The second-order valence-corrected chi connectivity index (χ2v) is 6.84. The molecule has 0 fully saturated rings. The number of carbonyl (C=O) groups is 1. The van der Waals surface area contributed by atoms with Crippen molar-refractivity contribution in [2.45, 2.75) is 31.9 Å². The number of H-pyrrole nitrogens is 1. The number of hydrogen-bond donors (Lipinski definition) is 2. The molecule has 0 unspecified atom stereocenters. The Morgan fingerprint density at radius 3 is 2.91 bits per heavy atom. The first kappa shape index (κ1) is 16.0. The summed E-state index contributed by atoms with van der Waals surface area (Å²) in [5.41, 5.74) is 3.48. The van der Waals surface area contributed by atoms with E-state index in [4.69, 9.17) is 0 Å². The van der Waals surface area contributed by atoms with Gasteiger partial charge in [0.2, 0.25) is 5.91 Å². The average Bonchev–Trinajstić information content (AvgIpc) is 3.03. The second-order valence-electron chi connectivity index (χ2n) is 5.65. The molecule has 0 radical (unpaired) electrons. The van der Waals surface area contributed by atoms with E-state index in [1.807, 2.05) is 13.8 Å². The SMILES string of the molecule is Cc1n[nH]c(C)c1NC(=O)CS[C@@H]1CCc2c(F)cc(F)cc21. The minimum absolute atomic E-state index is 0.0486. The number of carbonyl (C=O) groups excluding carboxylic acids is 1. The molecule has 1 aromatic carbocycles. The average molecular weight is 337 g/mol. The molecule has 2 aromatic rings. The summed E-state index contributed by atoms with van der Waals surface area (Å²) in [7, 11) is 0. The van der Waals surface area contributed by atoms with Crippen molar-refractivity contribution in [1.29, 1.82) is 0 Å². The van der Waals surface area contributed by atoms with E-state index in [0.29, 0.717) is 23.2 Å². The number of hydrogen-bond acceptors (Lipinski definition) is 3. The predicted octanol–water partition coefficient (Wildman–Crippen LogP) is 3.66. The zero-order valence-corrected chi connectivity index (χ0v) is 13.7. The standard InChI is InChI=1S/C16H17F2N3OS/c1-8-16(9(2)21-20-8)19-15(22)7-23-14-4-3-11-12(14)5-10(17)6-13(11)18/h5-6,14H,3-4,7H2,1-2H3,(H,19,22)(H,20,21)/t14-/m1/s1. The van der Waals surface area contributed by atoms with Gasteiger partial charge in [0, 0.05) is 11.3 Å². The van der Waals surface area contributed by atoms with Gasteiger partial charge in [0.25, 0.3) is 0 Å². The number of amides is 1. The number of rotatable bonds is 4. The monoisotopic (exact) mass is 337 g/mol. The highest BCUT2D eigenvalue weighted by Crippen LogP contribution is 2.42. The molecule has 3 rings (SSSR count). The fraction of sp³-hybridized carbons (Fsp3) is 0.375. The van der Waals surface area contributed by atoms with E-state index in [1.165, 1.54) is 17.8 Å². The molecule has 2 N–H and O–H groups in total. The zero-order chi connectivity index (χ0) is 16.6. The lowest BCUT2D eigenvalue weighted by molar-refractivity contribution is -0.113. The maximum Gasteiger partial charge on any atom is 0.234 e. The predicted molar refractivity (Wildman–Crippen MR) is 86.6 cm³/mol. The van der Waals surface area contributed by atoms with Crippen LogP contribution in [0.15, 0.2) is 12.1 Å². The van der Waals surface area contributed by atoms with Crippen molar-refractivity contribution >= 4 is 23.4 Å². The number of thioether (sulfide) groups is 1. The Labute approximate surface area is 137 Å². The van der Waals surface area contributed by atoms with Gasteiger partial charge in [0.1, 0.15) is 11.6 Å². The van der Waals surface area contributed by atoms with Gasteiger partial charge in [-0.25, -0.2) is 8.78 Å². The lowest BCUT2D eigenvalue weighted by atomic mass is 10.1. The second kappa shape index (κ2) is 6.31. The highest BCUT2D eigenvalue weighted by molar-refractivity contribution is 8.00. The van der Waals surface area contributed by atoms with Crippen LogP contribution < -0.4 is 5.32 Å². The van der Waals surface area contributed by atoms with Crippen molar-refractivity contribution in [3.63, 3.8) is 0 Å². The van der Waals surface area contributed by atoms with Gasteiger partial charge >= 0.3 is 0 Å². The number of aryl methyl sites for hydroxylation is 2. The Morgan fingerprint density at radius 1 is 1.43 bits per heavy atom. The van der Waals surface area contributed by atoms with E-state index in [-0.39, 0.29) is 16.9 Å². The molecule has 1 amide bonds. The van der Waals surface area contributed by atoms with Gasteiger partial charge in [-0.3, -0.25) is 9.89 Å². The third-order valence-electron chi connectivity index (χ3n) is 4.01. The fourth-order valence-corrected chi connectivity index (χ4v) is 3.96. The number of benzene rings is 1. The molecule has 1 aromatic heterocycles. The molecule has 1 aliphatic carbocycles. The van der Waals surface area contributed by atoms with Gasteiger partial charge in [0.05, 0.1) is 22.8 Å². The largest absolute Gasteiger partial charge is 0.322 e. The van der Waals surface area contributed by atoms with Gasteiger partial charge in [-0.15, -0.1) is 11.8 Å². The summed E-state index contributed by atoms with van der Waals surface area (Å²) in [6, 6.07) is 2.30. The quantitative estimate of drug-likeness (QED) is 0.895. The van der Waals surface area contributed by atoms with Crippen LogP contribution in [0.3, 0.4) is 0 Å². The first-order chi connectivity index (χ1) is 11.0. The minimum atomic E-state index is -0.567. The Kier molecular flexibility index (Phi) is 4.39. The Morgan fingerprint density at radius 2 is 2.22 bits per heavy atom. The number of aromatic amines is 1. The van der Waals surface area contributed by atoms with Gasteiger partial charge in [0.15, 0.2) is 0 Å². The number of nitrogens with one attached hydrogen (secondary N) is 2. The molecule has 0 aliphatic heterocycles. The molecule has 0 spiro atoms. The van der Waals surface area contributed by atoms with Crippen LogP contribution in [-0.2, 0) is 11.2 Å². The van der Waals surface area contributed by atoms with Crippen molar-refractivity contribution in [2.75, 3.05) is 11.1 Å². The summed E-state index contributed by atoms with van der Waals surface area (Å²) in [5.74, 6) is -0.972. The van der Waals surface area contributed by atoms with E-state index in [2.05, 4.69) is 15.5 Å². The van der Waals surface area contributed by atoms with Gasteiger partial charge in [-0.1, -0.05) is 0 Å². The highest BCUT2D eigenvalue weighted by atomic mass is 32.2. The summed E-state index contributed by atoms with van der Waals surface area (Å²) >= 11 is 1.41. The van der Waals surface area contributed by atoms with Crippen molar-refractivity contribution in [3.05, 3.63) is 46.3 Å². The van der Waals surface area contributed by atoms with Crippen molar-refractivity contribution in [3.8, 4) is 0 Å². The molecular weight excluding hydrogens is 320 g/mol. The zero-order valence-electron chi connectivity index (χ0n) is 12.9. The van der Waals surface area contributed by atoms with Crippen LogP contribution in [0.2, 0.25) is 0 Å². The molecule has 7 heteroatoms. The summed E-state index contributed by atoms with van der Waals surface area (Å²) in [5, 5.41) is 9.62. The van der Waals surface area contributed by atoms with E-state index in [0.717, 1.165) is 23.9 Å². The minimum Gasteiger partial charge on any atom is -0.322 e. The summed E-state index contributed by atoms with van der Waals surface area (Å²) in [6.07, 6.45) is 1.30. The molecule has 122 valence electrons. The lowest BCUT2D eigenvalue weighted by Crippen LogP contribution is -2.15. The Balaban J connectivity index is 1.63. The van der Waals surface area contributed by atoms with Gasteiger partial charge in [-0.05, 0) is 43.9 Å². The molecule has 0 saturated carbocycles. The molecule has 1 atom stereocenters. The summed E-state index contributed by atoms with van der Waals surface area (Å²) in [6.45, 7) is 3.65. The maximum absolute atomic E-state index is 13.7. The maximum atomic E-state index is 13.7. The molecule has 0 bridgehead atoms. The van der Waals surface area contributed by atoms with E-state index < -0.39 is 11.6 Å². The van der Waals surface area contributed by atoms with E-state index in [1.54, 1.807) is 0 Å². The van der Waals surface area contributed by atoms with Crippen molar-refractivity contribution in [1.82, 2.24) is 10.2 Å². The highest BCUT2D eigenvalue weighted by Gasteiger charge is 2.27. The van der Waals surface area contributed by atoms with Crippen LogP contribution in [0.1, 0.15) is 34.2 Å². The lowest BCUT2D eigenvalue weighted by Gasteiger charge is -2.12. The number of fused-ring (bicyclic) bond motifs is 1. The Hall–Kier alpha value is -1.89. The van der Waals surface area contributed by atoms with Crippen LogP contribution in [0.25, 0.3) is 0 Å². The van der Waals surface area contributed by atoms with Crippen LogP contribution in [0.4, 0.5) is 14.5 Å². The molecule has 1 heterocycles. The van der Waals surface area contributed by atoms with Gasteiger partial charge < -0.3 is 5.32 Å². The summed E-state index contributed by atoms with van der Waals surface area (Å²) < 4.78 is 27.1. The smallest absolute Gasteiger partial charge is 0.234 e. The normalized spacial score (nSPS) is 16.4. The van der Waals surface area contributed by atoms with E-state index in [9.17, 15) is 13.6 Å². The number of nitrogens with zero attached hydrogens (tertiary/aromatic N) is 1. The number of aromatic nitrogens is 2. The number of halogens is 2. The Bertz CT molecular complexity index is 741. The van der Waals surface area contributed by atoms with Crippen LogP contribution in [0, 0.1) is 25.5 Å². The molecule has 23 heavy (non-hydrogen) atoms. The van der Waals surface area contributed by atoms with Crippen molar-refractivity contribution < 1.29 is 13.6 Å². The fourth-order valence-electron chi connectivity index (χ4n) is 2.87. The third kappa shape index (κ3) is 3.24.